The van der Waals surface area contributed by atoms with Gasteiger partial charge in [0.2, 0.25) is 11.8 Å². The van der Waals surface area contributed by atoms with Crippen LogP contribution in [-0.2, 0) is 15.8 Å². The van der Waals surface area contributed by atoms with E-state index < -0.39 is 11.7 Å². The molecule has 148 valence electrons. The second-order valence-electron chi connectivity index (χ2n) is 6.31. The van der Waals surface area contributed by atoms with E-state index in [1.165, 1.54) is 17.0 Å². The molecule has 4 nitrogen and oxygen atoms in total. The normalized spacial score (nSPS) is 17.0. The molecule has 0 bridgehead atoms. The number of amides is 2. The molecule has 0 saturated heterocycles. The van der Waals surface area contributed by atoms with Gasteiger partial charge in [-0.3, -0.25) is 9.59 Å². The van der Waals surface area contributed by atoms with Gasteiger partial charge >= 0.3 is 6.18 Å². The maximum Gasteiger partial charge on any atom is 0.417 e. The van der Waals surface area contributed by atoms with Crippen LogP contribution in [0.2, 0.25) is 5.02 Å². The van der Waals surface area contributed by atoms with Crippen LogP contribution in [0.4, 0.5) is 24.5 Å². The van der Waals surface area contributed by atoms with Crippen LogP contribution >= 0.6 is 23.4 Å². The number of alkyl halides is 3. The fourth-order valence-corrected chi connectivity index (χ4v) is 4.01. The number of fused-ring (bicyclic) bond motifs is 1. The van der Waals surface area contributed by atoms with Crippen molar-refractivity contribution in [1.29, 1.82) is 0 Å². The van der Waals surface area contributed by atoms with E-state index in [4.69, 9.17) is 11.6 Å². The molecular weight excluding hydrogens is 413 g/mol. The quantitative estimate of drug-likeness (QED) is 0.682. The minimum Gasteiger partial charge on any atom is -0.324 e. The number of hydrogen-bond donors (Lipinski definition) is 1. The maximum absolute atomic E-state index is 13.0. The summed E-state index contributed by atoms with van der Waals surface area (Å²) in [5, 5.41) is 2.38. The molecule has 0 saturated carbocycles. The van der Waals surface area contributed by atoms with Gasteiger partial charge in [0, 0.05) is 17.4 Å². The molecule has 9 heteroatoms. The first-order valence-corrected chi connectivity index (χ1v) is 9.73. The molecule has 28 heavy (non-hydrogen) atoms. The highest BCUT2D eigenvalue weighted by atomic mass is 35.5. The first-order valence-electron chi connectivity index (χ1n) is 8.37. The number of hydrogen-bond acceptors (Lipinski definition) is 3. The summed E-state index contributed by atoms with van der Waals surface area (Å²) in [6, 6.07) is 10.1. The Balaban J connectivity index is 1.81. The Hall–Kier alpha value is -2.19. The van der Waals surface area contributed by atoms with Gasteiger partial charge in [-0.25, -0.2) is 0 Å². The van der Waals surface area contributed by atoms with E-state index in [2.05, 4.69) is 5.32 Å². The highest BCUT2D eigenvalue weighted by Gasteiger charge is 2.34. The zero-order chi connectivity index (χ0) is 20.5. The highest BCUT2D eigenvalue weighted by molar-refractivity contribution is 8.00. The Bertz CT molecular complexity index is 920. The minimum atomic E-state index is -4.57. The monoisotopic (exact) mass is 428 g/mol. The molecule has 0 unspecified atom stereocenters. The number of rotatable bonds is 3. The molecule has 0 spiro atoms. The average Bonchev–Trinajstić information content (AvgIpc) is 2.74. The summed E-state index contributed by atoms with van der Waals surface area (Å²) >= 11 is 6.62. The van der Waals surface area contributed by atoms with Crippen molar-refractivity contribution in [1.82, 2.24) is 0 Å². The van der Waals surface area contributed by atoms with Gasteiger partial charge in [-0.1, -0.05) is 23.7 Å². The number of halogens is 4. The van der Waals surface area contributed by atoms with Crippen molar-refractivity contribution in [3.05, 3.63) is 53.1 Å². The van der Waals surface area contributed by atoms with Crippen LogP contribution in [0.3, 0.4) is 0 Å². The van der Waals surface area contributed by atoms with Gasteiger partial charge in [-0.2, -0.15) is 13.2 Å². The number of thioether (sulfide) groups is 1. The maximum atomic E-state index is 13.0. The van der Waals surface area contributed by atoms with Gasteiger partial charge in [0.1, 0.15) is 0 Å². The Morgan fingerprint density at radius 3 is 2.71 bits per heavy atom. The topological polar surface area (TPSA) is 49.4 Å². The summed E-state index contributed by atoms with van der Waals surface area (Å²) in [6.45, 7) is 1.76. The molecule has 0 fully saturated rings. The van der Waals surface area contributed by atoms with Crippen molar-refractivity contribution in [3.63, 3.8) is 0 Å². The van der Waals surface area contributed by atoms with Crippen LogP contribution in [-0.4, -0.2) is 23.6 Å². The first-order chi connectivity index (χ1) is 13.2. The van der Waals surface area contributed by atoms with Crippen LogP contribution in [0.15, 0.2) is 47.4 Å². The first kappa shape index (κ1) is 20.5. The van der Waals surface area contributed by atoms with E-state index in [0.717, 1.165) is 17.8 Å². The van der Waals surface area contributed by atoms with Crippen LogP contribution in [0.5, 0.6) is 0 Å². The number of anilines is 2. The third-order valence-corrected chi connectivity index (χ3v) is 5.54. The van der Waals surface area contributed by atoms with Crippen molar-refractivity contribution in [3.8, 4) is 0 Å². The SMILES string of the molecule is C[C@H]1CC(=O)Nc2ccccc2N1C(=O)CSc1ccc(Cl)c(C(F)(F)F)c1. The molecule has 0 aromatic heterocycles. The zero-order valence-corrected chi connectivity index (χ0v) is 16.3. The second kappa shape index (κ2) is 8.05. The number of benzene rings is 2. The third-order valence-electron chi connectivity index (χ3n) is 4.23. The summed E-state index contributed by atoms with van der Waals surface area (Å²) in [7, 11) is 0. The third kappa shape index (κ3) is 4.44. The number of nitrogens with zero attached hydrogens (tertiary/aromatic N) is 1. The fraction of sp³-hybridized carbons (Fsp3) is 0.263. The van der Waals surface area contributed by atoms with E-state index in [0.29, 0.717) is 11.4 Å². The van der Waals surface area contributed by atoms with Gasteiger partial charge in [-0.15, -0.1) is 11.8 Å². The van der Waals surface area contributed by atoms with Gasteiger partial charge < -0.3 is 10.2 Å². The molecule has 1 heterocycles. The molecule has 1 aliphatic rings. The van der Waals surface area contributed by atoms with Gasteiger partial charge in [0.05, 0.1) is 27.7 Å². The van der Waals surface area contributed by atoms with Crippen molar-refractivity contribution in [2.45, 2.75) is 30.5 Å². The molecule has 0 radical (unpaired) electrons. The van der Waals surface area contributed by atoms with Crippen LogP contribution in [0.25, 0.3) is 0 Å². The lowest BCUT2D eigenvalue weighted by Gasteiger charge is -2.27. The smallest absolute Gasteiger partial charge is 0.324 e. The van der Waals surface area contributed by atoms with Crippen molar-refractivity contribution in [2.24, 2.45) is 0 Å². The van der Waals surface area contributed by atoms with E-state index in [1.807, 2.05) is 0 Å². The molecule has 2 amide bonds. The molecule has 1 N–H and O–H groups in total. The van der Waals surface area contributed by atoms with Crippen LogP contribution < -0.4 is 10.2 Å². The fourth-order valence-electron chi connectivity index (χ4n) is 2.99. The van der Waals surface area contributed by atoms with Crippen molar-refractivity contribution >= 4 is 46.6 Å². The Morgan fingerprint density at radius 2 is 2.00 bits per heavy atom. The van der Waals surface area contributed by atoms with E-state index in [1.54, 1.807) is 31.2 Å². The number of carbonyl (C=O) groups excluding carboxylic acids is 2. The molecule has 2 aromatic rings. The lowest BCUT2D eigenvalue weighted by Crippen LogP contribution is -2.40. The lowest BCUT2D eigenvalue weighted by molar-refractivity contribution is -0.137. The van der Waals surface area contributed by atoms with Crippen molar-refractivity contribution < 1.29 is 22.8 Å². The molecular formula is C19H16ClF3N2O2S. The minimum absolute atomic E-state index is 0.0776. The molecule has 1 atom stereocenters. The molecule has 0 aliphatic carbocycles. The Kier molecular flexibility index (Phi) is 5.90. The highest BCUT2D eigenvalue weighted by Crippen LogP contribution is 2.37. The zero-order valence-electron chi connectivity index (χ0n) is 14.7. The number of para-hydroxylation sites is 2. The summed E-state index contributed by atoms with van der Waals surface area (Å²) in [4.78, 5) is 26.7. The largest absolute Gasteiger partial charge is 0.417 e. The van der Waals surface area contributed by atoms with Crippen LogP contribution in [0.1, 0.15) is 18.9 Å². The van der Waals surface area contributed by atoms with Gasteiger partial charge in [0.25, 0.3) is 0 Å². The molecule has 3 rings (SSSR count). The standard InChI is InChI=1S/C19H16ClF3N2O2S/c1-11-8-17(26)24-15-4-2-3-5-16(15)25(11)18(27)10-28-12-6-7-14(20)13(9-12)19(21,22)23/h2-7,9,11H,8,10H2,1H3,(H,24,26)/t11-/m0/s1. The second-order valence-corrected chi connectivity index (χ2v) is 7.77. The lowest BCUT2D eigenvalue weighted by atomic mass is 10.2. The molecule has 1 aliphatic heterocycles. The van der Waals surface area contributed by atoms with E-state index in [-0.39, 0.29) is 39.9 Å². The average molecular weight is 429 g/mol. The number of nitrogens with one attached hydrogen (secondary N) is 1. The van der Waals surface area contributed by atoms with Gasteiger partial charge in [0.15, 0.2) is 0 Å². The Morgan fingerprint density at radius 1 is 1.29 bits per heavy atom. The Labute approximate surface area is 169 Å². The van der Waals surface area contributed by atoms with Gasteiger partial charge in [-0.05, 0) is 37.3 Å². The van der Waals surface area contributed by atoms with E-state index >= 15 is 0 Å². The summed E-state index contributed by atoms with van der Waals surface area (Å²) in [5.41, 5.74) is 0.162. The van der Waals surface area contributed by atoms with E-state index in [9.17, 15) is 22.8 Å². The summed E-state index contributed by atoms with van der Waals surface area (Å²) in [6.07, 6.45) is -4.44. The number of carbonyl (C=O) groups is 2. The van der Waals surface area contributed by atoms with Crippen LogP contribution in [0, 0.1) is 0 Å². The predicted molar refractivity (Wildman–Crippen MR) is 104 cm³/mol. The summed E-state index contributed by atoms with van der Waals surface area (Å²) in [5.74, 6) is -0.577. The predicted octanol–water partition coefficient (Wildman–Crippen LogP) is 5.21. The van der Waals surface area contributed by atoms with Crippen molar-refractivity contribution in [2.75, 3.05) is 16.0 Å². The molecule has 2 aromatic carbocycles. The summed E-state index contributed by atoms with van der Waals surface area (Å²) < 4.78 is 39.0.